The van der Waals surface area contributed by atoms with Crippen LogP contribution in [0.5, 0.6) is 5.75 Å². The number of fused-ring (bicyclic) bond motifs is 1. The largest absolute Gasteiger partial charge is 0.484 e. The van der Waals surface area contributed by atoms with Crippen LogP contribution in [0.1, 0.15) is 5.56 Å². The highest BCUT2D eigenvalue weighted by Gasteiger charge is 2.12. The first kappa shape index (κ1) is 23.6. The number of nitrogens with one attached hydrogen (secondary N) is 1. The van der Waals surface area contributed by atoms with E-state index < -0.39 is 11.7 Å². The molecule has 7 nitrogen and oxygen atoms in total. The van der Waals surface area contributed by atoms with E-state index in [0.717, 1.165) is 11.1 Å². The minimum absolute atomic E-state index is 0.234. The molecule has 5 aromatic rings. The SMILES string of the molecule is O=C(COc1ccc(C=Nn2c(-c3ccccc3)nc3ccccc3c2=O)cc1)Nc1cccc(F)c1. The lowest BCUT2D eigenvalue weighted by molar-refractivity contribution is -0.118. The van der Waals surface area contributed by atoms with Gasteiger partial charge in [-0.05, 0) is 60.2 Å². The maximum absolute atomic E-state index is 13.3. The number of amides is 1. The highest BCUT2D eigenvalue weighted by molar-refractivity contribution is 5.91. The van der Waals surface area contributed by atoms with E-state index in [-0.39, 0.29) is 12.2 Å². The molecule has 0 aliphatic rings. The van der Waals surface area contributed by atoms with Crippen molar-refractivity contribution in [2.75, 3.05) is 11.9 Å². The van der Waals surface area contributed by atoms with E-state index in [9.17, 15) is 14.0 Å². The number of carbonyl (C=O) groups excluding carboxylic acids is 1. The molecule has 5 rings (SSSR count). The molecule has 182 valence electrons. The van der Waals surface area contributed by atoms with E-state index in [1.54, 1.807) is 54.7 Å². The second-order valence-electron chi connectivity index (χ2n) is 8.10. The third-order valence-electron chi connectivity index (χ3n) is 5.47. The summed E-state index contributed by atoms with van der Waals surface area (Å²) in [5, 5.41) is 7.49. The van der Waals surface area contributed by atoms with Crippen LogP contribution in [0.4, 0.5) is 10.1 Å². The van der Waals surface area contributed by atoms with Crippen molar-refractivity contribution in [1.82, 2.24) is 9.66 Å². The second-order valence-corrected chi connectivity index (χ2v) is 8.10. The van der Waals surface area contributed by atoms with Crippen LogP contribution in [0.25, 0.3) is 22.3 Å². The molecule has 0 unspecified atom stereocenters. The topological polar surface area (TPSA) is 85.6 Å². The maximum Gasteiger partial charge on any atom is 0.282 e. The Balaban J connectivity index is 1.33. The predicted octanol–water partition coefficient (Wildman–Crippen LogP) is 5.10. The number of ether oxygens (including phenoxy) is 1. The van der Waals surface area contributed by atoms with Crippen molar-refractivity contribution in [2.24, 2.45) is 5.10 Å². The summed E-state index contributed by atoms with van der Waals surface area (Å²) in [6, 6.07) is 29.1. The van der Waals surface area contributed by atoms with Gasteiger partial charge in [-0.1, -0.05) is 48.5 Å². The van der Waals surface area contributed by atoms with Crippen molar-refractivity contribution in [3.63, 3.8) is 0 Å². The van der Waals surface area contributed by atoms with Gasteiger partial charge < -0.3 is 10.1 Å². The van der Waals surface area contributed by atoms with Gasteiger partial charge in [-0.3, -0.25) is 9.59 Å². The van der Waals surface area contributed by atoms with Gasteiger partial charge in [0.25, 0.3) is 11.5 Å². The first-order chi connectivity index (χ1) is 18.1. The Labute approximate surface area is 211 Å². The summed E-state index contributed by atoms with van der Waals surface area (Å²) in [6.07, 6.45) is 1.56. The predicted molar refractivity (Wildman–Crippen MR) is 141 cm³/mol. The molecule has 8 heteroatoms. The average molecular weight is 493 g/mol. The van der Waals surface area contributed by atoms with E-state index in [1.165, 1.54) is 22.9 Å². The van der Waals surface area contributed by atoms with Gasteiger partial charge in [0.05, 0.1) is 17.1 Å². The van der Waals surface area contributed by atoms with E-state index in [1.807, 2.05) is 36.4 Å². The zero-order valence-corrected chi connectivity index (χ0v) is 19.5. The van der Waals surface area contributed by atoms with Gasteiger partial charge in [-0.15, -0.1) is 0 Å². The molecule has 0 aliphatic heterocycles. The molecule has 0 saturated heterocycles. The Kier molecular flexibility index (Phi) is 6.80. The van der Waals surface area contributed by atoms with Crippen LogP contribution >= 0.6 is 0 Å². The number of aromatic nitrogens is 2. The highest BCUT2D eigenvalue weighted by atomic mass is 19.1. The van der Waals surface area contributed by atoms with Crippen LogP contribution in [0.2, 0.25) is 0 Å². The van der Waals surface area contributed by atoms with E-state index in [2.05, 4.69) is 15.4 Å². The molecule has 0 spiro atoms. The van der Waals surface area contributed by atoms with Crippen LogP contribution in [0.3, 0.4) is 0 Å². The third kappa shape index (κ3) is 5.59. The lowest BCUT2D eigenvalue weighted by Crippen LogP contribution is -2.20. The molecule has 0 atom stereocenters. The normalized spacial score (nSPS) is 11.1. The summed E-state index contributed by atoms with van der Waals surface area (Å²) >= 11 is 0. The summed E-state index contributed by atoms with van der Waals surface area (Å²) < 4.78 is 20.1. The molecule has 0 aliphatic carbocycles. The highest BCUT2D eigenvalue weighted by Crippen LogP contribution is 2.19. The van der Waals surface area contributed by atoms with Crippen LogP contribution in [-0.2, 0) is 4.79 Å². The van der Waals surface area contributed by atoms with Crippen molar-refractivity contribution in [2.45, 2.75) is 0 Å². The molecule has 0 fully saturated rings. The van der Waals surface area contributed by atoms with Gasteiger partial charge in [0.2, 0.25) is 0 Å². The first-order valence-electron chi connectivity index (χ1n) is 11.5. The van der Waals surface area contributed by atoms with Crippen molar-refractivity contribution in [3.8, 4) is 17.1 Å². The maximum atomic E-state index is 13.3. The Morgan fingerprint density at radius 1 is 0.946 bits per heavy atom. The fourth-order valence-corrected chi connectivity index (χ4v) is 3.69. The summed E-state index contributed by atoms with van der Waals surface area (Å²) in [5.41, 5.74) is 2.16. The molecule has 4 aromatic carbocycles. The third-order valence-corrected chi connectivity index (χ3v) is 5.47. The van der Waals surface area contributed by atoms with Crippen molar-refractivity contribution < 1.29 is 13.9 Å². The number of nitrogens with zero attached hydrogens (tertiary/aromatic N) is 3. The summed E-state index contributed by atoms with van der Waals surface area (Å²) in [7, 11) is 0. The lowest BCUT2D eigenvalue weighted by Gasteiger charge is -2.09. The molecule has 1 N–H and O–H groups in total. The monoisotopic (exact) mass is 492 g/mol. The fraction of sp³-hybridized carbons (Fsp3) is 0.0345. The number of rotatable bonds is 7. The van der Waals surface area contributed by atoms with Crippen LogP contribution in [-0.4, -0.2) is 28.4 Å². The summed E-state index contributed by atoms with van der Waals surface area (Å²) in [4.78, 5) is 30.0. The zero-order chi connectivity index (χ0) is 25.6. The quantitative estimate of drug-likeness (QED) is 0.320. The molecule has 0 bridgehead atoms. The Morgan fingerprint density at radius 2 is 1.70 bits per heavy atom. The molecule has 0 radical (unpaired) electrons. The number of benzene rings is 4. The standard InChI is InChI=1S/C29H21FN4O3/c30-22-9-6-10-23(17-22)32-27(35)19-37-24-15-13-20(14-16-24)18-31-34-28(21-7-2-1-3-8-21)33-26-12-5-4-11-25(26)29(34)36/h1-18H,19H2,(H,32,35). The molecule has 1 aromatic heterocycles. The average Bonchev–Trinajstić information content (AvgIpc) is 2.92. The van der Waals surface area contributed by atoms with Gasteiger partial charge >= 0.3 is 0 Å². The Morgan fingerprint density at radius 3 is 2.49 bits per heavy atom. The van der Waals surface area contributed by atoms with Crippen LogP contribution < -0.4 is 15.6 Å². The summed E-state index contributed by atoms with van der Waals surface area (Å²) in [5.74, 6) is 0.0623. The minimum atomic E-state index is -0.436. The molecule has 37 heavy (non-hydrogen) atoms. The van der Waals surface area contributed by atoms with Crippen LogP contribution in [0, 0.1) is 5.82 Å². The zero-order valence-electron chi connectivity index (χ0n) is 19.5. The molecule has 1 amide bonds. The van der Waals surface area contributed by atoms with Crippen molar-refractivity contribution in [1.29, 1.82) is 0 Å². The first-order valence-corrected chi connectivity index (χ1v) is 11.5. The Hall–Kier alpha value is -5.11. The second kappa shape index (κ2) is 10.7. The van der Waals surface area contributed by atoms with Gasteiger partial charge in [0, 0.05) is 11.3 Å². The van der Waals surface area contributed by atoms with Crippen molar-refractivity contribution >= 4 is 28.7 Å². The molecule has 0 saturated carbocycles. The van der Waals surface area contributed by atoms with Crippen molar-refractivity contribution in [3.05, 3.63) is 125 Å². The van der Waals surface area contributed by atoms with Gasteiger partial charge in [-0.2, -0.15) is 9.78 Å². The number of hydrogen-bond donors (Lipinski definition) is 1. The van der Waals surface area contributed by atoms with E-state index in [0.29, 0.717) is 28.2 Å². The minimum Gasteiger partial charge on any atom is -0.484 e. The summed E-state index contributed by atoms with van der Waals surface area (Å²) in [6.45, 7) is -0.234. The Bertz CT molecular complexity index is 1650. The van der Waals surface area contributed by atoms with Gasteiger partial charge in [0.1, 0.15) is 11.6 Å². The fourth-order valence-electron chi connectivity index (χ4n) is 3.69. The number of halogens is 1. The van der Waals surface area contributed by atoms with E-state index >= 15 is 0 Å². The number of anilines is 1. The number of para-hydroxylation sites is 1. The number of hydrogen-bond acceptors (Lipinski definition) is 5. The smallest absolute Gasteiger partial charge is 0.282 e. The van der Waals surface area contributed by atoms with Crippen LogP contribution in [0.15, 0.2) is 113 Å². The van der Waals surface area contributed by atoms with E-state index in [4.69, 9.17) is 4.74 Å². The van der Waals surface area contributed by atoms with Gasteiger partial charge in [-0.25, -0.2) is 9.37 Å². The molecular weight excluding hydrogens is 471 g/mol. The number of carbonyl (C=O) groups is 1. The van der Waals surface area contributed by atoms with Gasteiger partial charge in [0.15, 0.2) is 12.4 Å². The molecular formula is C29H21FN4O3. The molecule has 1 heterocycles. The lowest BCUT2D eigenvalue weighted by atomic mass is 10.2.